The molecule has 0 N–H and O–H groups in total. The molecule has 2 nitrogen and oxygen atoms in total. The van der Waals surface area contributed by atoms with Crippen molar-refractivity contribution in [3.05, 3.63) is 28.2 Å². The van der Waals surface area contributed by atoms with Crippen LogP contribution in [0.3, 0.4) is 0 Å². The minimum atomic E-state index is -3.39. The third-order valence-electron chi connectivity index (χ3n) is 2.55. The van der Waals surface area contributed by atoms with Gasteiger partial charge in [0.25, 0.3) is 0 Å². The van der Waals surface area contributed by atoms with Crippen LogP contribution >= 0.6 is 15.9 Å². The highest BCUT2D eigenvalue weighted by Crippen LogP contribution is 2.45. The number of carbonyl (C=O) groups is 1. The van der Waals surface area contributed by atoms with Crippen LogP contribution in [0, 0.1) is 0 Å². The van der Waals surface area contributed by atoms with E-state index in [1.807, 2.05) is 6.92 Å². The third kappa shape index (κ3) is 1.54. The van der Waals surface area contributed by atoms with E-state index in [0.29, 0.717) is 23.1 Å². The number of benzene rings is 1. The second kappa shape index (κ2) is 3.80. The average Bonchev–Trinajstić information content (AvgIpc) is 2.41. The number of hydrogen-bond donors (Lipinski definition) is 0. The number of rotatable bonds is 2. The van der Waals surface area contributed by atoms with Crippen LogP contribution in [0.15, 0.2) is 22.7 Å². The second-order valence-electron chi connectivity index (χ2n) is 3.69. The quantitative estimate of drug-likeness (QED) is 0.818. The Morgan fingerprint density at radius 2 is 2.12 bits per heavy atom. The van der Waals surface area contributed by atoms with E-state index >= 15 is 0 Å². The van der Waals surface area contributed by atoms with Crippen LogP contribution in [0.1, 0.15) is 18.9 Å². The van der Waals surface area contributed by atoms with Gasteiger partial charge in [-0.15, -0.1) is 0 Å². The molecular formula is C11H10BrF2NO. The number of anilines is 1. The van der Waals surface area contributed by atoms with Crippen LogP contribution in [-0.4, -0.2) is 12.5 Å². The minimum Gasteiger partial charge on any atom is -0.306 e. The molecule has 0 radical (unpaired) electrons. The third-order valence-corrected chi connectivity index (χ3v) is 3.04. The molecular weight excluding hydrogens is 280 g/mol. The first-order valence-electron chi connectivity index (χ1n) is 4.98. The van der Waals surface area contributed by atoms with E-state index in [9.17, 15) is 13.6 Å². The van der Waals surface area contributed by atoms with Crippen molar-refractivity contribution in [2.24, 2.45) is 0 Å². The van der Waals surface area contributed by atoms with Gasteiger partial charge in [-0.1, -0.05) is 22.9 Å². The summed E-state index contributed by atoms with van der Waals surface area (Å²) in [5, 5.41) is 0. The van der Waals surface area contributed by atoms with Gasteiger partial charge in [0.05, 0.1) is 11.3 Å². The number of fused-ring (bicyclic) bond motifs is 1. The van der Waals surface area contributed by atoms with Crippen molar-refractivity contribution >= 4 is 27.5 Å². The van der Waals surface area contributed by atoms with E-state index in [4.69, 9.17) is 0 Å². The first-order valence-corrected chi connectivity index (χ1v) is 5.77. The molecule has 1 heterocycles. The van der Waals surface area contributed by atoms with Crippen LogP contribution in [0.5, 0.6) is 0 Å². The van der Waals surface area contributed by atoms with Gasteiger partial charge in [-0.05, 0) is 24.6 Å². The van der Waals surface area contributed by atoms with Crippen LogP contribution in [0.2, 0.25) is 0 Å². The Balaban J connectivity index is 2.55. The molecule has 5 heteroatoms. The Morgan fingerprint density at radius 3 is 2.75 bits per heavy atom. The van der Waals surface area contributed by atoms with Gasteiger partial charge in [0.15, 0.2) is 0 Å². The number of hydrogen-bond acceptors (Lipinski definition) is 1. The summed E-state index contributed by atoms with van der Waals surface area (Å²) >= 11 is 3.13. The number of carbonyl (C=O) groups excluding carboxylic acids is 1. The van der Waals surface area contributed by atoms with Gasteiger partial charge in [0.1, 0.15) is 0 Å². The van der Waals surface area contributed by atoms with Gasteiger partial charge in [0.2, 0.25) is 0 Å². The Bertz CT molecular complexity index is 448. The molecule has 0 aromatic heterocycles. The molecule has 1 aromatic carbocycles. The summed E-state index contributed by atoms with van der Waals surface area (Å²) in [7, 11) is 0. The van der Waals surface area contributed by atoms with E-state index in [1.165, 1.54) is 6.07 Å². The second-order valence-corrected chi connectivity index (χ2v) is 4.61. The van der Waals surface area contributed by atoms with E-state index in [1.54, 1.807) is 12.1 Å². The van der Waals surface area contributed by atoms with E-state index in [2.05, 4.69) is 15.9 Å². The fourth-order valence-corrected chi connectivity index (χ4v) is 2.20. The van der Waals surface area contributed by atoms with Crippen LogP contribution in [0.4, 0.5) is 14.5 Å². The van der Waals surface area contributed by atoms with Crippen molar-refractivity contribution in [3.63, 3.8) is 0 Å². The molecule has 1 aliphatic heterocycles. The molecule has 0 fully saturated rings. The van der Waals surface area contributed by atoms with E-state index in [-0.39, 0.29) is 5.56 Å². The first-order chi connectivity index (χ1) is 7.48. The Kier molecular flexibility index (Phi) is 2.74. The lowest BCUT2D eigenvalue weighted by Crippen LogP contribution is -2.34. The van der Waals surface area contributed by atoms with Gasteiger partial charge < -0.3 is 4.90 Å². The number of nitrogens with zero attached hydrogens (tertiary/aromatic N) is 1. The van der Waals surface area contributed by atoms with E-state index < -0.39 is 11.8 Å². The van der Waals surface area contributed by atoms with Crippen molar-refractivity contribution < 1.29 is 13.6 Å². The maximum atomic E-state index is 13.7. The first kappa shape index (κ1) is 11.5. The molecule has 0 aliphatic carbocycles. The maximum Gasteiger partial charge on any atom is 0.352 e. The fraction of sp³-hybridized carbons (Fsp3) is 0.364. The summed E-state index contributed by atoms with van der Waals surface area (Å²) in [5.41, 5.74) is 0.111. The predicted molar refractivity (Wildman–Crippen MR) is 60.7 cm³/mol. The standard InChI is InChI=1S/C11H10BrF2NO/c1-2-5-15-9-4-3-7(12)6-8(9)11(13,14)10(15)16/h3-4,6H,2,5H2,1H3. The summed E-state index contributed by atoms with van der Waals surface area (Å²) in [5.74, 6) is -4.52. The Hall–Kier alpha value is -0.970. The van der Waals surface area contributed by atoms with Crippen molar-refractivity contribution in [1.29, 1.82) is 0 Å². The number of halogens is 3. The topological polar surface area (TPSA) is 20.3 Å². The van der Waals surface area contributed by atoms with Crippen LogP contribution in [-0.2, 0) is 10.7 Å². The van der Waals surface area contributed by atoms with Gasteiger partial charge in [-0.25, -0.2) is 0 Å². The lowest BCUT2D eigenvalue weighted by molar-refractivity contribution is -0.141. The summed E-state index contributed by atoms with van der Waals surface area (Å²) in [4.78, 5) is 12.7. The molecule has 86 valence electrons. The average molecular weight is 290 g/mol. The molecule has 0 saturated carbocycles. The monoisotopic (exact) mass is 289 g/mol. The fourth-order valence-electron chi connectivity index (χ4n) is 1.83. The lowest BCUT2D eigenvalue weighted by atomic mass is 10.1. The van der Waals surface area contributed by atoms with Crippen LogP contribution in [0.25, 0.3) is 0 Å². The summed E-state index contributed by atoms with van der Waals surface area (Å²) in [6.45, 7) is 2.17. The summed E-state index contributed by atoms with van der Waals surface area (Å²) < 4.78 is 27.9. The molecule has 1 aliphatic rings. The summed E-state index contributed by atoms with van der Waals surface area (Å²) in [6.07, 6.45) is 0.650. The molecule has 1 amide bonds. The highest BCUT2D eigenvalue weighted by Gasteiger charge is 2.52. The normalized spacial score (nSPS) is 17.8. The number of alkyl halides is 2. The molecule has 0 saturated heterocycles. The molecule has 2 rings (SSSR count). The minimum absolute atomic E-state index is 0.208. The highest BCUT2D eigenvalue weighted by molar-refractivity contribution is 9.10. The van der Waals surface area contributed by atoms with Crippen molar-refractivity contribution in [1.82, 2.24) is 0 Å². The molecule has 0 spiro atoms. The zero-order chi connectivity index (χ0) is 11.9. The van der Waals surface area contributed by atoms with Crippen molar-refractivity contribution in [3.8, 4) is 0 Å². The van der Waals surface area contributed by atoms with Crippen molar-refractivity contribution in [2.75, 3.05) is 11.4 Å². The molecule has 0 unspecified atom stereocenters. The van der Waals surface area contributed by atoms with Gasteiger partial charge in [0, 0.05) is 11.0 Å². The molecule has 1 aromatic rings. The van der Waals surface area contributed by atoms with Crippen molar-refractivity contribution in [2.45, 2.75) is 19.3 Å². The Morgan fingerprint density at radius 1 is 1.44 bits per heavy atom. The van der Waals surface area contributed by atoms with E-state index in [0.717, 1.165) is 4.90 Å². The zero-order valence-electron chi connectivity index (χ0n) is 8.64. The predicted octanol–water partition coefficient (Wildman–Crippen LogP) is 3.30. The largest absolute Gasteiger partial charge is 0.352 e. The zero-order valence-corrected chi connectivity index (χ0v) is 10.2. The van der Waals surface area contributed by atoms with Gasteiger partial charge in [-0.3, -0.25) is 4.79 Å². The highest BCUT2D eigenvalue weighted by atomic mass is 79.9. The van der Waals surface area contributed by atoms with Gasteiger partial charge >= 0.3 is 11.8 Å². The molecule has 0 atom stereocenters. The molecule has 16 heavy (non-hydrogen) atoms. The number of amides is 1. The smallest absolute Gasteiger partial charge is 0.306 e. The van der Waals surface area contributed by atoms with Crippen LogP contribution < -0.4 is 4.90 Å². The molecule has 0 bridgehead atoms. The summed E-state index contributed by atoms with van der Waals surface area (Å²) in [6, 6.07) is 4.52. The maximum absolute atomic E-state index is 13.7. The lowest BCUT2D eigenvalue weighted by Gasteiger charge is -2.15. The van der Waals surface area contributed by atoms with Gasteiger partial charge in [-0.2, -0.15) is 8.78 Å². The SMILES string of the molecule is CCCN1C(=O)C(F)(F)c2cc(Br)ccc21. The Labute approximate surface area is 100 Å².